The number of benzene rings is 4. The summed E-state index contributed by atoms with van der Waals surface area (Å²) in [5, 5.41) is 3.35. The quantitative estimate of drug-likeness (QED) is 0.323. The number of amides is 2. The summed E-state index contributed by atoms with van der Waals surface area (Å²) in [6, 6.07) is 26.5. The number of carbonyl (C=O) groups is 2. The molecule has 2 saturated heterocycles. The highest BCUT2D eigenvalue weighted by atomic mass is 79.9. The summed E-state index contributed by atoms with van der Waals surface area (Å²) < 4.78 is 14.3. The summed E-state index contributed by atoms with van der Waals surface area (Å²) in [5.74, 6) is -1.94. The molecule has 2 aliphatic heterocycles. The van der Waals surface area contributed by atoms with E-state index in [2.05, 4.69) is 15.9 Å². The number of nitrogens with zero attached hydrogens (tertiary/aromatic N) is 2. The molecule has 0 saturated carbocycles. The molecule has 2 fully saturated rings. The van der Waals surface area contributed by atoms with Crippen LogP contribution in [-0.2, 0) is 14.4 Å². The molecule has 6 rings (SSSR count). The Morgan fingerprint density at radius 3 is 2.35 bits per heavy atom. The zero-order valence-corrected chi connectivity index (χ0v) is 19.4. The number of hydroxylamine groups is 1. The van der Waals surface area contributed by atoms with Crippen LogP contribution < -0.4 is 9.96 Å². The zero-order valence-electron chi connectivity index (χ0n) is 17.8. The first-order valence-corrected chi connectivity index (χ1v) is 11.7. The molecule has 0 radical (unpaired) electrons. The first-order chi connectivity index (χ1) is 16.5. The number of hydrogen-bond donors (Lipinski definition) is 0. The van der Waals surface area contributed by atoms with Crippen LogP contribution >= 0.6 is 15.9 Å². The van der Waals surface area contributed by atoms with Crippen LogP contribution in [0.1, 0.15) is 11.6 Å². The molecule has 168 valence electrons. The molecule has 5 nitrogen and oxygen atoms in total. The van der Waals surface area contributed by atoms with Crippen LogP contribution in [0, 0.1) is 11.7 Å². The molecule has 4 aromatic rings. The van der Waals surface area contributed by atoms with Gasteiger partial charge in [-0.15, -0.1) is 0 Å². The third-order valence-corrected chi connectivity index (χ3v) is 7.03. The second-order valence-corrected chi connectivity index (χ2v) is 9.20. The standard InChI is InChI=1S/C27H18BrFN2O3/c28-20-15-17(13-14-21(20)29)24-23-25(34-31(24)18-9-2-1-3-10-18)27(33)30(26(23)32)22-12-6-8-16-7-4-5-11-19(16)22/h1-15,23-25H/t23-,24+,25+/m1/s1. The number of para-hydroxylation sites is 1. The van der Waals surface area contributed by atoms with Crippen molar-refractivity contribution < 1.29 is 18.8 Å². The van der Waals surface area contributed by atoms with Crippen molar-refractivity contribution in [3.05, 3.63) is 107 Å². The molecule has 34 heavy (non-hydrogen) atoms. The molecule has 0 aliphatic carbocycles. The Morgan fingerprint density at radius 1 is 0.824 bits per heavy atom. The number of anilines is 2. The van der Waals surface area contributed by atoms with Gasteiger partial charge in [0.15, 0.2) is 6.10 Å². The van der Waals surface area contributed by atoms with Crippen LogP contribution in [0.3, 0.4) is 0 Å². The van der Waals surface area contributed by atoms with Crippen LogP contribution in [0.2, 0.25) is 0 Å². The number of rotatable bonds is 3. The topological polar surface area (TPSA) is 49.9 Å². The van der Waals surface area contributed by atoms with Gasteiger partial charge in [0.1, 0.15) is 11.7 Å². The molecule has 3 atom stereocenters. The van der Waals surface area contributed by atoms with Gasteiger partial charge in [0.2, 0.25) is 5.91 Å². The van der Waals surface area contributed by atoms with Crippen molar-refractivity contribution >= 4 is 49.9 Å². The van der Waals surface area contributed by atoms with E-state index in [1.165, 1.54) is 11.0 Å². The number of hydrogen-bond acceptors (Lipinski definition) is 4. The minimum absolute atomic E-state index is 0.282. The molecule has 2 amide bonds. The summed E-state index contributed by atoms with van der Waals surface area (Å²) in [6.07, 6.45) is -0.986. The van der Waals surface area contributed by atoms with Crippen molar-refractivity contribution in [2.24, 2.45) is 5.92 Å². The van der Waals surface area contributed by atoms with E-state index in [1.807, 2.05) is 66.7 Å². The Labute approximate surface area is 203 Å². The fourth-order valence-electron chi connectivity index (χ4n) is 4.89. The maximum atomic E-state index is 14.0. The highest BCUT2D eigenvalue weighted by Crippen LogP contribution is 2.48. The van der Waals surface area contributed by atoms with Gasteiger partial charge in [0.05, 0.1) is 21.9 Å². The van der Waals surface area contributed by atoms with E-state index < -0.39 is 29.8 Å². The Morgan fingerprint density at radius 2 is 1.56 bits per heavy atom. The average Bonchev–Trinajstić information content (AvgIpc) is 3.37. The van der Waals surface area contributed by atoms with Crippen LogP contribution in [0.15, 0.2) is 95.5 Å². The highest BCUT2D eigenvalue weighted by molar-refractivity contribution is 9.10. The summed E-state index contributed by atoms with van der Waals surface area (Å²) >= 11 is 3.25. The lowest BCUT2D eigenvalue weighted by Gasteiger charge is -2.29. The smallest absolute Gasteiger partial charge is 0.266 e. The Bertz CT molecular complexity index is 1440. The molecule has 2 aliphatic rings. The van der Waals surface area contributed by atoms with Gasteiger partial charge in [-0.25, -0.2) is 14.4 Å². The largest absolute Gasteiger partial charge is 0.273 e. The lowest BCUT2D eigenvalue weighted by molar-refractivity contribution is -0.126. The van der Waals surface area contributed by atoms with Crippen molar-refractivity contribution in [3.63, 3.8) is 0 Å². The van der Waals surface area contributed by atoms with Crippen molar-refractivity contribution in [1.29, 1.82) is 0 Å². The summed E-state index contributed by atoms with van der Waals surface area (Å²) in [5.41, 5.74) is 1.92. The first kappa shape index (κ1) is 21.0. The number of fused-ring (bicyclic) bond motifs is 2. The molecular weight excluding hydrogens is 499 g/mol. The van der Waals surface area contributed by atoms with Crippen molar-refractivity contribution in [2.75, 3.05) is 9.96 Å². The van der Waals surface area contributed by atoms with Gasteiger partial charge in [0.25, 0.3) is 5.91 Å². The molecule has 0 N–H and O–H groups in total. The molecule has 0 aromatic heterocycles. The SMILES string of the molecule is O=C1[C@H]2[C@H](ON(c3ccccc3)[C@H]2c2ccc(F)c(Br)c2)C(=O)N1c1cccc2ccccc12. The van der Waals surface area contributed by atoms with E-state index in [-0.39, 0.29) is 10.4 Å². The molecular formula is C27H18BrFN2O3. The van der Waals surface area contributed by atoms with Gasteiger partial charge >= 0.3 is 0 Å². The minimum Gasteiger partial charge on any atom is -0.273 e. The van der Waals surface area contributed by atoms with E-state index in [1.54, 1.807) is 23.3 Å². The maximum Gasteiger partial charge on any atom is 0.266 e. The van der Waals surface area contributed by atoms with E-state index in [9.17, 15) is 14.0 Å². The summed E-state index contributed by atoms with van der Waals surface area (Å²) in [6.45, 7) is 0. The van der Waals surface area contributed by atoms with E-state index in [0.29, 0.717) is 16.9 Å². The van der Waals surface area contributed by atoms with Crippen LogP contribution in [0.25, 0.3) is 10.8 Å². The summed E-state index contributed by atoms with van der Waals surface area (Å²) in [4.78, 5) is 34.9. The Kier molecular flexibility index (Phi) is 4.97. The van der Waals surface area contributed by atoms with Gasteiger partial charge in [-0.2, -0.15) is 0 Å². The monoisotopic (exact) mass is 516 g/mol. The fourth-order valence-corrected chi connectivity index (χ4v) is 5.29. The van der Waals surface area contributed by atoms with Crippen molar-refractivity contribution in [1.82, 2.24) is 0 Å². The Balaban J connectivity index is 1.48. The zero-order chi connectivity index (χ0) is 23.4. The van der Waals surface area contributed by atoms with Crippen molar-refractivity contribution in [2.45, 2.75) is 12.1 Å². The first-order valence-electron chi connectivity index (χ1n) is 10.9. The molecule has 0 unspecified atom stereocenters. The fraction of sp³-hybridized carbons (Fsp3) is 0.111. The second-order valence-electron chi connectivity index (χ2n) is 8.34. The molecule has 0 spiro atoms. The maximum absolute atomic E-state index is 14.0. The predicted molar refractivity (Wildman–Crippen MR) is 131 cm³/mol. The third kappa shape index (κ3) is 3.15. The average molecular weight is 517 g/mol. The van der Waals surface area contributed by atoms with Gasteiger partial charge in [-0.3, -0.25) is 14.4 Å². The van der Waals surface area contributed by atoms with Crippen LogP contribution in [0.5, 0.6) is 0 Å². The number of imide groups is 1. The highest BCUT2D eigenvalue weighted by Gasteiger charge is 2.60. The lowest BCUT2D eigenvalue weighted by Crippen LogP contribution is -2.37. The van der Waals surface area contributed by atoms with Gasteiger partial charge < -0.3 is 0 Å². The molecule has 0 bridgehead atoms. The van der Waals surface area contributed by atoms with E-state index in [4.69, 9.17) is 4.84 Å². The Hall–Kier alpha value is -3.55. The second kappa shape index (κ2) is 8.04. The summed E-state index contributed by atoms with van der Waals surface area (Å²) in [7, 11) is 0. The number of halogens is 2. The third-order valence-electron chi connectivity index (χ3n) is 6.42. The van der Waals surface area contributed by atoms with E-state index >= 15 is 0 Å². The van der Waals surface area contributed by atoms with Gasteiger partial charge in [-0.1, -0.05) is 60.7 Å². The number of carbonyl (C=O) groups excluding carboxylic acids is 2. The minimum atomic E-state index is -0.986. The van der Waals surface area contributed by atoms with Gasteiger partial charge in [-0.05, 0) is 57.2 Å². The molecule has 7 heteroatoms. The normalized spacial score (nSPS) is 22.0. The lowest BCUT2D eigenvalue weighted by atomic mass is 9.90. The van der Waals surface area contributed by atoms with Crippen LogP contribution in [0.4, 0.5) is 15.8 Å². The predicted octanol–water partition coefficient (Wildman–Crippen LogP) is 5.79. The van der Waals surface area contributed by atoms with E-state index in [0.717, 1.165) is 10.8 Å². The van der Waals surface area contributed by atoms with Crippen molar-refractivity contribution in [3.8, 4) is 0 Å². The molecule has 2 heterocycles. The van der Waals surface area contributed by atoms with Gasteiger partial charge in [0, 0.05) is 5.39 Å². The van der Waals surface area contributed by atoms with Crippen LogP contribution in [-0.4, -0.2) is 17.9 Å². The molecule has 4 aromatic carbocycles.